The highest BCUT2D eigenvalue weighted by Gasteiger charge is 2.28. The van der Waals surface area contributed by atoms with E-state index in [4.69, 9.17) is 4.74 Å². The van der Waals surface area contributed by atoms with Crippen LogP contribution >= 0.6 is 0 Å². The molecule has 0 saturated carbocycles. The summed E-state index contributed by atoms with van der Waals surface area (Å²) in [7, 11) is -1.69. The highest BCUT2D eigenvalue weighted by atomic mass is 32.2. The lowest BCUT2D eigenvalue weighted by Gasteiger charge is -2.18. The van der Waals surface area contributed by atoms with Gasteiger partial charge in [-0.25, -0.2) is 13.4 Å². The molecule has 27 heavy (non-hydrogen) atoms. The van der Waals surface area contributed by atoms with E-state index in [2.05, 4.69) is 10.3 Å². The summed E-state index contributed by atoms with van der Waals surface area (Å²) in [5, 5.41) is 13.4. The van der Waals surface area contributed by atoms with Crippen molar-refractivity contribution in [3.63, 3.8) is 0 Å². The van der Waals surface area contributed by atoms with Gasteiger partial charge in [0.15, 0.2) is 0 Å². The van der Waals surface area contributed by atoms with Crippen LogP contribution in [0.4, 0.5) is 11.5 Å². The number of nitrogens with one attached hydrogen (secondary N) is 1. The number of methoxy groups -OCH3 is 1. The standard InChI is InChI=1S/C16H18N4O6S/c1-11-6-7-17-15(8-11)18-16(21)10-19(2)27(24,25)14-5-4-12(20(22)23)9-13(14)26-3/h4-9H,10H2,1-3H3,(H,17,18,21). The molecule has 2 aromatic rings. The molecule has 1 aromatic carbocycles. The third-order valence-electron chi connectivity index (χ3n) is 3.60. The summed E-state index contributed by atoms with van der Waals surface area (Å²) in [5.74, 6) is -0.462. The van der Waals surface area contributed by atoms with Gasteiger partial charge < -0.3 is 10.1 Å². The van der Waals surface area contributed by atoms with Gasteiger partial charge in [-0.1, -0.05) is 0 Å². The molecule has 2 rings (SSSR count). The second-order valence-corrected chi connectivity index (χ2v) is 7.63. The van der Waals surface area contributed by atoms with Gasteiger partial charge in [0.25, 0.3) is 5.69 Å². The second-order valence-electron chi connectivity index (χ2n) is 5.62. The van der Waals surface area contributed by atoms with E-state index >= 15 is 0 Å². The highest BCUT2D eigenvalue weighted by Crippen LogP contribution is 2.30. The Morgan fingerprint density at radius 2 is 2.04 bits per heavy atom. The SMILES string of the molecule is COc1cc([N+](=O)[O-])ccc1S(=O)(=O)N(C)CC(=O)Nc1cc(C)ccn1. The Morgan fingerprint density at radius 3 is 2.63 bits per heavy atom. The molecular formula is C16H18N4O6S. The van der Waals surface area contributed by atoms with Gasteiger partial charge in [-0.15, -0.1) is 0 Å². The number of nitro groups is 1. The van der Waals surface area contributed by atoms with Crippen molar-refractivity contribution in [2.45, 2.75) is 11.8 Å². The lowest BCUT2D eigenvalue weighted by atomic mass is 10.3. The van der Waals surface area contributed by atoms with Crippen molar-refractivity contribution in [2.24, 2.45) is 0 Å². The van der Waals surface area contributed by atoms with E-state index in [0.717, 1.165) is 28.1 Å². The van der Waals surface area contributed by atoms with E-state index in [1.807, 2.05) is 6.92 Å². The fourth-order valence-electron chi connectivity index (χ4n) is 2.22. The first-order chi connectivity index (χ1) is 12.6. The molecule has 0 atom stereocenters. The summed E-state index contributed by atoms with van der Waals surface area (Å²) in [5.41, 5.74) is 0.577. The first-order valence-electron chi connectivity index (χ1n) is 7.66. The molecule has 0 aliphatic carbocycles. The lowest BCUT2D eigenvalue weighted by molar-refractivity contribution is -0.385. The van der Waals surface area contributed by atoms with Gasteiger partial charge >= 0.3 is 0 Å². The van der Waals surface area contributed by atoms with Gasteiger partial charge in [0.05, 0.1) is 24.6 Å². The maximum absolute atomic E-state index is 12.7. The molecule has 0 aliphatic rings. The topological polar surface area (TPSA) is 132 Å². The van der Waals surface area contributed by atoms with Crippen molar-refractivity contribution >= 4 is 27.4 Å². The number of non-ortho nitro benzene ring substituents is 1. The summed E-state index contributed by atoms with van der Waals surface area (Å²) in [4.78, 5) is 26.0. The minimum absolute atomic E-state index is 0.184. The van der Waals surface area contributed by atoms with Crippen LogP contribution in [0.1, 0.15) is 5.56 Å². The predicted octanol–water partition coefficient (Wildman–Crippen LogP) is 1.57. The van der Waals surface area contributed by atoms with Crippen molar-refractivity contribution in [1.82, 2.24) is 9.29 Å². The highest BCUT2D eigenvalue weighted by molar-refractivity contribution is 7.89. The van der Waals surface area contributed by atoms with Crippen molar-refractivity contribution in [3.8, 4) is 5.75 Å². The Balaban J connectivity index is 2.20. The van der Waals surface area contributed by atoms with Gasteiger partial charge in [0.1, 0.15) is 16.5 Å². The number of amides is 1. The first kappa shape index (κ1) is 20.3. The zero-order valence-corrected chi connectivity index (χ0v) is 15.7. The van der Waals surface area contributed by atoms with Crippen LogP contribution in [0.5, 0.6) is 5.75 Å². The molecule has 1 heterocycles. The fourth-order valence-corrected chi connectivity index (χ4v) is 3.48. The molecule has 0 unspecified atom stereocenters. The Kier molecular flexibility index (Phi) is 6.08. The molecule has 144 valence electrons. The van der Waals surface area contributed by atoms with Crippen molar-refractivity contribution < 1.29 is 22.9 Å². The molecule has 1 amide bonds. The molecule has 1 aromatic heterocycles. The Hall–Kier alpha value is -3.05. The van der Waals surface area contributed by atoms with E-state index in [1.54, 1.807) is 12.1 Å². The average Bonchev–Trinajstić information content (AvgIpc) is 2.60. The minimum Gasteiger partial charge on any atom is -0.495 e. The number of aryl methyl sites for hydroxylation is 1. The molecule has 10 nitrogen and oxygen atoms in total. The van der Waals surface area contributed by atoms with E-state index in [1.165, 1.54) is 20.4 Å². The van der Waals surface area contributed by atoms with Crippen LogP contribution in [-0.4, -0.2) is 49.2 Å². The molecule has 11 heteroatoms. The maximum atomic E-state index is 12.7. The van der Waals surface area contributed by atoms with Crippen LogP contribution in [0.3, 0.4) is 0 Å². The van der Waals surface area contributed by atoms with E-state index in [0.29, 0.717) is 5.82 Å². The maximum Gasteiger partial charge on any atom is 0.273 e. The third kappa shape index (κ3) is 4.77. The van der Waals surface area contributed by atoms with Gasteiger partial charge in [-0.2, -0.15) is 4.31 Å². The minimum atomic E-state index is -4.12. The van der Waals surface area contributed by atoms with Crippen LogP contribution in [0, 0.1) is 17.0 Å². The zero-order valence-electron chi connectivity index (χ0n) is 14.9. The number of sulfonamides is 1. The smallest absolute Gasteiger partial charge is 0.273 e. The molecule has 0 radical (unpaired) electrons. The molecule has 0 spiro atoms. The third-order valence-corrected chi connectivity index (χ3v) is 5.44. The molecule has 0 bridgehead atoms. The van der Waals surface area contributed by atoms with Crippen LogP contribution in [0.25, 0.3) is 0 Å². The number of benzene rings is 1. The van der Waals surface area contributed by atoms with E-state index < -0.39 is 27.4 Å². The number of carbonyl (C=O) groups is 1. The van der Waals surface area contributed by atoms with E-state index in [9.17, 15) is 23.3 Å². The second kappa shape index (κ2) is 8.10. The number of aromatic nitrogens is 1. The molecule has 1 N–H and O–H groups in total. The molecular weight excluding hydrogens is 376 g/mol. The fraction of sp³-hybridized carbons (Fsp3) is 0.250. The van der Waals surface area contributed by atoms with Crippen LogP contribution < -0.4 is 10.1 Å². The van der Waals surface area contributed by atoms with Gasteiger partial charge in [-0.3, -0.25) is 14.9 Å². The number of hydrogen-bond donors (Lipinski definition) is 1. The summed E-state index contributed by atoms with van der Waals surface area (Å²) in [6.07, 6.45) is 1.52. The van der Waals surface area contributed by atoms with Gasteiger partial charge in [-0.05, 0) is 30.7 Å². The number of hydrogen-bond acceptors (Lipinski definition) is 7. The summed E-state index contributed by atoms with van der Waals surface area (Å²) in [6, 6.07) is 6.54. The summed E-state index contributed by atoms with van der Waals surface area (Å²) < 4.78 is 31.2. The Morgan fingerprint density at radius 1 is 1.33 bits per heavy atom. The van der Waals surface area contributed by atoms with Gasteiger partial charge in [0.2, 0.25) is 15.9 Å². The number of likely N-dealkylation sites (N-methyl/N-ethyl adjacent to an activating group) is 1. The molecule has 0 aliphatic heterocycles. The number of pyridine rings is 1. The number of nitro benzene ring substituents is 1. The number of ether oxygens (including phenoxy) is 1. The lowest BCUT2D eigenvalue weighted by Crippen LogP contribution is -2.35. The normalized spacial score (nSPS) is 11.3. The summed E-state index contributed by atoms with van der Waals surface area (Å²) >= 11 is 0. The number of carbonyl (C=O) groups excluding carboxylic acids is 1. The van der Waals surface area contributed by atoms with E-state index in [-0.39, 0.29) is 16.3 Å². The average molecular weight is 394 g/mol. The largest absolute Gasteiger partial charge is 0.495 e. The number of rotatable bonds is 7. The van der Waals surface area contributed by atoms with Crippen molar-refractivity contribution in [1.29, 1.82) is 0 Å². The number of nitrogens with zero attached hydrogens (tertiary/aromatic N) is 3. The quantitative estimate of drug-likeness (QED) is 0.557. The summed E-state index contributed by atoms with van der Waals surface area (Å²) in [6.45, 7) is 1.35. The zero-order chi connectivity index (χ0) is 20.2. The Bertz CT molecular complexity index is 977. The first-order valence-corrected chi connectivity index (χ1v) is 9.10. The number of anilines is 1. The van der Waals surface area contributed by atoms with Crippen LogP contribution in [-0.2, 0) is 14.8 Å². The van der Waals surface area contributed by atoms with Gasteiger partial charge in [0, 0.05) is 19.3 Å². The predicted molar refractivity (Wildman–Crippen MR) is 97.1 cm³/mol. The molecule has 0 fully saturated rings. The van der Waals surface area contributed by atoms with Crippen LogP contribution in [0.15, 0.2) is 41.4 Å². The Labute approximate surface area is 156 Å². The monoisotopic (exact) mass is 394 g/mol. The van der Waals surface area contributed by atoms with Crippen LogP contribution in [0.2, 0.25) is 0 Å². The molecule has 0 saturated heterocycles. The van der Waals surface area contributed by atoms with Crippen molar-refractivity contribution in [2.75, 3.05) is 26.0 Å². The van der Waals surface area contributed by atoms with Crippen molar-refractivity contribution in [3.05, 3.63) is 52.2 Å².